The van der Waals surface area contributed by atoms with Gasteiger partial charge in [-0.2, -0.15) is 0 Å². The number of carbonyl (C=O) groups excluding carboxylic acids is 1. The molecule has 3 aromatic rings. The largest absolute Gasteiger partial charge is 0.494 e. The van der Waals surface area contributed by atoms with E-state index in [-0.39, 0.29) is 17.1 Å². The molecule has 0 N–H and O–H groups in total. The van der Waals surface area contributed by atoms with Crippen molar-refractivity contribution in [1.29, 1.82) is 0 Å². The topological polar surface area (TPSA) is 72.2 Å². The Bertz CT molecular complexity index is 1250. The molecule has 1 saturated heterocycles. The number of benzene rings is 2. The molecule has 0 radical (unpaired) electrons. The van der Waals surface area contributed by atoms with Gasteiger partial charge in [0.1, 0.15) is 11.3 Å². The van der Waals surface area contributed by atoms with Crippen molar-refractivity contribution >= 4 is 16.9 Å². The zero-order chi connectivity index (χ0) is 24.9. The molecule has 0 aliphatic carbocycles. The minimum absolute atomic E-state index is 0.138. The van der Waals surface area contributed by atoms with E-state index in [0.29, 0.717) is 29.7 Å². The quantitative estimate of drug-likeness (QED) is 0.386. The molecule has 36 heavy (non-hydrogen) atoms. The number of hydrogen-bond donors (Lipinski definition) is 0. The van der Waals surface area contributed by atoms with Gasteiger partial charge >= 0.3 is 0 Å². The summed E-state index contributed by atoms with van der Waals surface area (Å²) in [6.45, 7) is 7.57. The van der Waals surface area contributed by atoms with Crippen molar-refractivity contribution in [3.8, 4) is 5.75 Å². The van der Waals surface area contributed by atoms with Gasteiger partial charge in [-0.1, -0.05) is 44.0 Å². The van der Waals surface area contributed by atoms with Crippen LogP contribution >= 0.6 is 0 Å². The number of fused-ring (bicyclic) bond motifs is 2. The van der Waals surface area contributed by atoms with E-state index in [2.05, 4.69) is 11.8 Å². The highest BCUT2D eigenvalue weighted by atomic mass is 16.5. The highest BCUT2D eigenvalue weighted by molar-refractivity contribution is 5.99. The van der Waals surface area contributed by atoms with Crippen molar-refractivity contribution in [3.63, 3.8) is 0 Å². The van der Waals surface area contributed by atoms with Crippen molar-refractivity contribution in [2.75, 3.05) is 46.0 Å². The van der Waals surface area contributed by atoms with Gasteiger partial charge in [0, 0.05) is 26.2 Å². The fourth-order valence-electron chi connectivity index (χ4n) is 5.12. The van der Waals surface area contributed by atoms with Crippen LogP contribution in [0.25, 0.3) is 11.0 Å². The highest BCUT2D eigenvalue weighted by Crippen LogP contribution is 2.38. The van der Waals surface area contributed by atoms with Crippen molar-refractivity contribution < 1.29 is 18.7 Å². The van der Waals surface area contributed by atoms with Gasteiger partial charge in [-0.25, -0.2) is 0 Å². The number of nitrogens with zero attached hydrogens (tertiary/aromatic N) is 2. The van der Waals surface area contributed by atoms with E-state index in [1.807, 2.05) is 36.4 Å². The van der Waals surface area contributed by atoms with Crippen molar-refractivity contribution in [2.45, 2.75) is 38.6 Å². The third-order valence-electron chi connectivity index (χ3n) is 7.06. The molecule has 0 bridgehead atoms. The standard InChI is InChI=1S/C29H34N2O5/c1-2-3-6-18-35-22-12-10-21(11-13-22)26-25-27(32)23-8-4-5-9-24(23)36-28(25)29(33)31(26)15-7-14-30-16-19-34-20-17-30/h4-5,8-13,26H,2-3,6-7,14-20H2,1H3/t26-/m0/s1. The first kappa shape index (κ1) is 24.5. The van der Waals surface area contributed by atoms with Crippen LogP contribution in [-0.2, 0) is 4.74 Å². The summed E-state index contributed by atoms with van der Waals surface area (Å²) >= 11 is 0. The maximum atomic E-state index is 13.6. The molecule has 1 fully saturated rings. The molecule has 7 heteroatoms. The lowest BCUT2D eigenvalue weighted by Crippen LogP contribution is -2.38. The third kappa shape index (κ3) is 5.04. The molecule has 0 saturated carbocycles. The highest BCUT2D eigenvalue weighted by Gasteiger charge is 2.42. The first-order valence-electron chi connectivity index (χ1n) is 13.1. The minimum Gasteiger partial charge on any atom is -0.494 e. The summed E-state index contributed by atoms with van der Waals surface area (Å²) in [4.78, 5) is 31.3. The summed E-state index contributed by atoms with van der Waals surface area (Å²) in [6, 6.07) is 14.4. The number of unbranched alkanes of at least 4 members (excludes halogenated alkanes) is 2. The molecule has 1 amide bonds. The van der Waals surface area contributed by atoms with Crippen LogP contribution in [0.15, 0.2) is 57.7 Å². The van der Waals surface area contributed by atoms with Crippen LogP contribution in [0.3, 0.4) is 0 Å². The van der Waals surface area contributed by atoms with E-state index in [9.17, 15) is 9.59 Å². The Morgan fingerprint density at radius 2 is 1.72 bits per heavy atom. The number of para-hydroxylation sites is 1. The zero-order valence-corrected chi connectivity index (χ0v) is 20.9. The molecule has 0 unspecified atom stereocenters. The Labute approximate surface area is 211 Å². The first-order valence-corrected chi connectivity index (χ1v) is 13.1. The Balaban J connectivity index is 1.43. The summed E-state index contributed by atoms with van der Waals surface area (Å²) in [6.07, 6.45) is 4.12. The normalized spacial score (nSPS) is 18.1. The van der Waals surface area contributed by atoms with E-state index >= 15 is 0 Å². The maximum absolute atomic E-state index is 13.6. The van der Waals surface area contributed by atoms with Crippen LogP contribution < -0.4 is 10.2 Å². The van der Waals surface area contributed by atoms with E-state index in [1.165, 1.54) is 0 Å². The molecule has 7 nitrogen and oxygen atoms in total. The lowest BCUT2D eigenvalue weighted by molar-refractivity contribution is 0.0353. The van der Waals surface area contributed by atoms with E-state index in [0.717, 1.165) is 69.8 Å². The summed E-state index contributed by atoms with van der Waals surface area (Å²) in [5, 5.41) is 0.500. The Hall–Kier alpha value is -3.16. The van der Waals surface area contributed by atoms with Gasteiger partial charge in [0.15, 0.2) is 5.43 Å². The predicted molar refractivity (Wildman–Crippen MR) is 139 cm³/mol. The lowest BCUT2D eigenvalue weighted by atomic mass is 9.98. The maximum Gasteiger partial charge on any atom is 0.290 e. The van der Waals surface area contributed by atoms with Crippen LogP contribution in [0.4, 0.5) is 0 Å². The Morgan fingerprint density at radius 1 is 0.944 bits per heavy atom. The molecular formula is C29H34N2O5. The molecule has 2 aromatic carbocycles. The van der Waals surface area contributed by atoms with Crippen molar-refractivity contribution in [2.24, 2.45) is 0 Å². The van der Waals surface area contributed by atoms with Gasteiger partial charge in [0.05, 0.1) is 36.8 Å². The van der Waals surface area contributed by atoms with Crippen LogP contribution in [0.1, 0.15) is 60.3 Å². The van der Waals surface area contributed by atoms with Gasteiger partial charge in [0.25, 0.3) is 5.91 Å². The Kier molecular flexibility index (Phi) is 7.68. The SMILES string of the molecule is CCCCCOc1ccc([C@H]2c3c(oc4ccccc4c3=O)C(=O)N2CCCN2CCOCC2)cc1. The van der Waals surface area contributed by atoms with Gasteiger partial charge in [-0.05, 0) is 42.7 Å². The molecule has 2 aliphatic heterocycles. The average molecular weight is 491 g/mol. The Morgan fingerprint density at radius 3 is 2.50 bits per heavy atom. The molecule has 190 valence electrons. The first-order chi connectivity index (χ1) is 17.7. The molecule has 5 rings (SSSR count). The molecule has 0 spiro atoms. The number of hydrogen-bond acceptors (Lipinski definition) is 6. The smallest absolute Gasteiger partial charge is 0.290 e. The molecule has 1 aromatic heterocycles. The summed E-state index contributed by atoms with van der Waals surface area (Å²) in [7, 11) is 0. The molecule has 3 heterocycles. The number of ether oxygens (including phenoxy) is 2. The average Bonchev–Trinajstić information content (AvgIpc) is 3.19. The van der Waals surface area contributed by atoms with Gasteiger partial charge < -0.3 is 18.8 Å². The monoisotopic (exact) mass is 490 g/mol. The second kappa shape index (κ2) is 11.3. The zero-order valence-electron chi connectivity index (χ0n) is 20.9. The van der Waals surface area contributed by atoms with Gasteiger partial charge in [-0.3, -0.25) is 14.5 Å². The predicted octanol–water partition coefficient (Wildman–Crippen LogP) is 4.63. The fraction of sp³-hybridized carbons (Fsp3) is 0.448. The van der Waals surface area contributed by atoms with Crippen LogP contribution in [0.5, 0.6) is 5.75 Å². The van der Waals surface area contributed by atoms with E-state index in [1.54, 1.807) is 17.0 Å². The summed E-state index contributed by atoms with van der Waals surface area (Å²) < 4.78 is 17.4. The van der Waals surface area contributed by atoms with Gasteiger partial charge in [-0.15, -0.1) is 0 Å². The van der Waals surface area contributed by atoms with Gasteiger partial charge in [0.2, 0.25) is 5.76 Å². The minimum atomic E-state index is -0.479. The number of carbonyl (C=O) groups is 1. The van der Waals surface area contributed by atoms with Crippen LogP contribution in [-0.4, -0.2) is 61.7 Å². The second-order valence-electron chi connectivity index (χ2n) is 9.50. The van der Waals surface area contributed by atoms with Crippen LogP contribution in [0.2, 0.25) is 0 Å². The summed E-state index contributed by atoms with van der Waals surface area (Å²) in [5.74, 6) is 0.735. The molecule has 1 atom stereocenters. The number of amides is 1. The lowest BCUT2D eigenvalue weighted by Gasteiger charge is -2.29. The second-order valence-corrected chi connectivity index (χ2v) is 9.50. The van der Waals surface area contributed by atoms with Crippen LogP contribution in [0, 0.1) is 0 Å². The van der Waals surface area contributed by atoms with Crippen molar-refractivity contribution in [3.05, 3.63) is 75.6 Å². The fourth-order valence-corrected chi connectivity index (χ4v) is 5.12. The number of morpholine rings is 1. The molecular weight excluding hydrogens is 456 g/mol. The van der Waals surface area contributed by atoms with E-state index in [4.69, 9.17) is 13.9 Å². The van der Waals surface area contributed by atoms with Crippen molar-refractivity contribution in [1.82, 2.24) is 9.80 Å². The molecule has 2 aliphatic rings. The number of rotatable bonds is 10. The summed E-state index contributed by atoms with van der Waals surface area (Å²) in [5.41, 5.74) is 1.62. The third-order valence-corrected chi connectivity index (χ3v) is 7.06. The van der Waals surface area contributed by atoms with E-state index < -0.39 is 6.04 Å².